The highest BCUT2D eigenvalue weighted by molar-refractivity contribution is 5.89. The highest BCUT2D eigenvalue weighted by atomic mass is 16.4. The molecule has 0 unspecified atom stereocenters. The number of pyridine rings is 1. The van der Waals surface area contributed by atoms with E-state index in [1.54, 1.807) is 34.9 Å². The lowest BCUT2D eigenvalue weighted by Gasteiger charge is -2.11. The number of benzene rings is 2. The van der Waals surface area contributed by atoms with E-state index in [0.29, 0.717) is 5.56 Å². The van der Waals surface area contributed by atoms with Gasteiger partial charge in [0.1, 0.15) is 0 Å². The fraction of sp³-hybridized carbons (Fsp3) is 0.0588. The molecule has 0 spiro atoms. The maximum atomic E-state index is 12.1. The van der Waals surface area contributed by atoms with Crippen LogP contribution in [0.15, 0.2) is 65.5 Å². The van der Waals surface area contributed by atoms with Crippen molar-refractivity contribution in [2.75, 3.05) is 0 Å². The molecule has 1 aromatic heterocycles. The summed E-state index contributed by atoms with van der Waals surface area (Å²) in [7, 11) is 0. The Hall–Kier alpha value is -2.88. The van der Waals surface area contributed by atoms with Crippen LogP contribution in [-0.2, 0) is 6.54 Å². The zero-order valence-electron chi connectivity index (χ0n) is 11.2. The zero-order valence-corrected chi connectivity index (χ0v) is 11.2. The van der Waals surface area contributed by atoms with Crippen molar-refractivity contribution in [1.82, 2.24) is 4.57 Å². The number of carboxylic acid groups (broad SMARTS) is 1. The minimum Gasteiger partial charge on any atom is -0.478 e. The third-order valence-corrected chi connectivity index (χ3v) is 3.48. The van der Waals surface area contributed by atoms with Crippen LogP contribution in [0.1, 0.15) is 15.9 Å². The molecular weight excluding hydrogens is 266 g/mol. The average Bonchev–Trinajstić information content (AvgIpc) is 2.50. The van der Waals surface area contributed by atoms with Crippen LogP contribution in [0, 0.1) is 0 Å². The summed E-state index contributed by atoms with van der Waals surface area (Å²) in [5, 5.41) is 10.2. The van der Waals surface area contributed by atoms with Gasteiger partial charge in [-0.1, -0.05) is 36.4 Å². The predicted molar refractivity (Wildman–Crippen MR) is 80.7 cm³/mol. The molecule has 0 aliphatic rings. The summed E-state index contributed by atoms with van der Waals surface area (Å²) in [6.07, 6.45) is 0. The second kappa shape index (κ2) is 5.25. The van der Waals surface area contributed by atoms with Gasteiger partial charge in [-0.05, 0) is 29.1 Å². The molecule has 0 atom stereocenters. The molecule has 4 heteroatoms. The van der Waals surface area contributed by atoms with Gasteiger partial charge in [0.05, 0.1) is 17.6 Å². The lowest BCUT2D eigenvalue weighted by atomic mass is 10.1. The average molecular weight is 279 g/mol. The lowest BCUT2D eigenvalue weighted by molar-refractivity contribution is 0.0695. The molecule has 0 aliphatic heterocycles. The Kier molecular flexibility index (Phi) is 3.28. The third-order valence-electron chi connectivity index (χ3n) is 3.48. The molecular formula is C17H13NO3. The summed E-state index contributed by atoms with van der Waals surface area (Å²) in [4.78, 5) is 23.4. The van der Waals surface area contributed by atoms with Gasteiger partial charge in [-0.3, -0.25) is 4.79 Å². The van der Waals surface area contributed by atoms with Crippen molar-refractivity contribution in [3.8, 4) is 0 Å². The Morgan fingerprint density at radius 1 is 0.952 bits per heavy atom. The Labute approximate surface area is 120 Å². The molecule has 2 aromatic carbocycles. The first-order valence-electron chi connectivity index (χ1n) is 6.56. The van der Waals surface area contributed by atoms with E-state index in [2.05, 4.69) is 0 Å². The number of para-hydroxylation sites is 1. The Balaban J connectivity index is 2.17. The summed E-state index contributed by atoms with van der Waals surface area (Å²) >= 11 is 0. The standard InChI is InChI=1S/C17H13NO3/c19-16-10-9-12-5-2-4-8-15(12)18(16)11-13-6-1-3-7-14(13)17(20)21/h1-10H,11H2,(H,20,21). The molecule has 0 saturated heterocycles. The van der Waals surface area contributed by atoms with E-state index < -0.39 is 5.97 Å². The summed E-state index contributed by atoms with van der Waals surface area (Å²) in [6.45, 7) is 0.239. The van der Waals surface area contributed by atoms with Gasteiger partial charge < -0.3 is 9.67 Å². The van der Waals surface area contributed by atoms with E-state index in [-0.39, 0.29) is 17.7 Å². The van der Waals surface area contributed by atoms with E-state index in [1.165, 1.54) is 6.07 Å². The molecule has 104 valence electrons. The smallest absolute Gasteiger partial charge is 0.336 e. The van der Waals surface area contributed by atoms with Crippen LogP contribution in [-0.4, -0.2) is 15.6 Å². The van der Waals surface area contributed by atoms with Crippen LogP contribution < -0.4 is 5.56 Å². The number of hydrogen-bond donors (Lipinski definition) is 1. The van der Waals surface area contributed by atoms with E-state index >= 15 is 0 Å². The van der Waals surface area contributed by atoms with Crippen LogP contribution in [0.2, 0.25) is 0 Å². The molecule has 3 aromatic rings. The van der Waals surface area contributed by atoms with E-state index in [0.717, 1.165) is 10.9 Å². The summed E-state index contributed by atoms with van der Waals surface area (Å²) in [6, 6.07) is 17.6. The monoisotopic (exact) mass is 279 g/mol. The van der Waals surface area contributed by atoms with Gasteiger partial charge in [-0.15, -0.1) is 0 Å². The van der Waals surface area contributed by atoms with Crippen LogP contribution in [0.4, 0.5) is 0 Å². The van der Waals surface area contributed by atoms with Crippen molar-refractivity contribution in [1.29, 1.82) is 0 Å². The first kappa shape index (κ1) is 13.1. The van der Waals surface area contributed by atoms with Crippen LogP contribution in [0.3, 0.4) is 0 Å². The number of fused-ring (bicyclic) bond motifs is 1. The van der Waals surface area contributed by atoms with Crippen LogP contribution in [0.5, 0.6) is 0 Å². The fourth-order valence-corrected chi connectivity index (χ4v) is 2.44. The van der Waals surface area contributed by atoms with E-state index in [1.807, 2.05) is 24.3 Å². The van der Waals surface area contributed by atoms with Gasteiger partial charge in [0.25, 0.3) is 5.56 Å². The highest BCUT2D eigenvalue weighted by Crippen LogP contribution is 2.15. The van der Waals surface area contributed by atoms with Crippen molar-refractivity contribution >= 4 is 16.9 Å². The molecule has 3 rings (SSSR count). The minimum atomic E-state index is -0.987. The van der Waals surface area contributed by atoms with Crippen molar-refractivity contribution in [3.63, 3.8) is 0 Å². The fourth-order valence-electron chi connectivity index (χ4n) is 2.44. The Bertz CT molecular complexity index is 880. The molecule has 0 saturated carbocycles. The molecule has 1 heterocycles. The molecule has 21 heavy (non-hydrogen) atoms. The molecule has 0 fully saturated rings. The molecule has 0 aliphatic carbocycles. The van der Waals surface area contributed by atoms with Gasteiger partial charge in [0.15, 0.2) is 0 Å². The summed E-state index contributed by atoms with van der Waals surface area (Å²) < 4.78 is 1.59. The number of carboxylic acids is 1. The number of aromatic carboxylic acids is 1. The van der Waals surface area contributed by atoms with Gasteiger partial charge in [-0.25, -0.2) is 4.79 Å². The van der Waals surface area contributed by atoms with Gasteiger partial charge in [0, 0.05) is 6.07 Å². The summed E-state index contributed by atoms with van der Waals surface area (Å²) in [5.74, 6) is -0.987. The Morgan fingerprint density at radius 2 is 1.67 bits per heavy atom. The SMILES string of the molecule is O=C(O)c1ccccc1Cn1c(=O)ccc2ccccc21. The molecule has 0 amide bonds. The predicted octanol–water partition coefficient (Wildman–Crippen LogP) is 2.75. The maximum Gasteiger partial charge on any atom is 0.336 e. The number of carbonyl (C=O) groups is 1. The highest BCUT2D eigenvalue weighted by Gasteiger charge is 2.11. The van der Waals surface area contributed by atoms with Gasteiger partial charge >= 0.3 is 5.97 Å². The van der Waals surface area contributed by atoms with E-state index in [9.17, 15) is 14.7 Å². The Morgan fingerprint density at radius 3 is 2.48 bits per heavy atom. The van der Waals surface area contributed by atoms with Crippen molar-refractivity contribution in [3.05, 3.63) is 82.1 Å². The number of nitrogens with zero attached hydrogens (tertiary/aromatic N) is 1. The first-order valence-corrected chi connectivity index (χ1v) is 6.56. The third kappa shape index (κ3) is 2.43. The van der Waals surface area contributed by atoms with Crippen LogP contribution >= 0.6 is 0 Å². The van der Waals surface area contributed by atoms with Crippen molar-refractivity contribution in [2.24, 2.45) is 0 Å². The van der Waals surface area contributed by atoms with E-state index in [4.69, 9.17) is 0 Å². The number of aromatic nitrogens is 1. The molecule has 1 N–H and O–H groups in total. The lowest BCUT2D eigenvalue weighted by Crippen LogP contribution is -2.21. The quantitative estimate of drug-likeness (QED) is 0.802. The molecule has 4 nitrogen and oxygen atoms in total. The number of hydrogen-bond acceptors (Lipinski definition) is 2. The van der Waals surface area contributed by atoms with Gasteiger partial charge in [0.2, 0.25) is 0 Å². The largest absolute Gasteiger partial charge is 0.478 e. The normalized spacial score (nSPS) is 10.7. The topological polar surface area (TPSA) is 59.3 Å². The first-order chi connectivity index (χ1) is 10.2. The number of rotatable bonds is 3. The molecule has 0 bridgehead atoms. The second-order valence-corrected chi connectivity index (χ2v) is 4.78. The second-order valence-electron chi connectivity index (χ2n) is 4.78. The zero-order chi connectivity index (χ0) is 14.8. The van der Waals surface area contributed by atoms with Crippen molar-refractivity contribution < 1.29 is 9.90 Å². The van der Waals surface area contributed by atoms with Crippen molar-refractivity contribution in [2.45, 2.75) is 6.54 Å². The maximum absolute atomic E-state index is 12.1. The summed E-state index contributed by atoms with van der Waals surface area (Å²) in [5.41, 5.74) is 1.49. The minimum absolute atomic E-state index is 0.145. The van der Waals surface area contributed by atoms with Crippen LogP contribution in [0.25, 0.3) is 10.9 Å². The van der Waals surface area contributed by atoms with Gasteiger partial charge in [-0.2, -0.15) is 0 Å². The molecule has 0 radical (unpaired) electrons.